The maximum atomic E-state index is 12.8. The molecule has 1 N–H and O–H groups in total. The standard InChI is InChI=1S/C13H17FN2S/c1-16(12-8-6-10(14)7-9-12)13(17)15-11-4-2-3-5-11/h6-9,11H,2-5H2,1H3,(H,15,17). The molecule has 2 nitrogen and oxygen atoms in total. The van der Waals surface area contributed by atoms with E-state index in [1.165, 1.54) is 37.8 Å². The van der Waals surface area contributed by atoms with Gasteiger partial charge in [0.25, 0.3) is 0 Å². The zero-order valence-electron chi connectivity index (χ0n) is 9.95. The predicted octanol–water partition coefficient (Wildman–Crippen LogP) is 3.08. The summed E-state index contributed by atoms with van der Waals surface area (Å²) in [6.07, 6.45) is 4.94. The molecule has 92 valence electrons. The molecule has 0 atom stereocenters. The zero-order chi connectivity index (χ0) is 12.3. The largest absolute Gasteiger partial charge is 0.360 e. The van der Waals surface area contributed by atoms with Crippen molar-refractivity contribution in [2.45, 2.75) is 31.7 Å². The fourth-order valence-corrected chi connectivity index (χ4v) is 2.40. The van der Waals surface area contributed by atoms with Gasteiger partial charge in [-0.1, -0.05) is 12.8 Å². The van der Waals surface area contributed by atoms with E-state index in [0.29, 0.717) is 11.2 Å². The first-order valence-electron chi connectivity index (χ1n) is 5.96. The third-order valence-electron chi connectivity index (χ3n) is 3.20. The molecular formula is C13H17FN2S. The number of thiocarbonyl (C=S) groups is 1. The number of halogens is 1. The summed E-state index contributed by atoms with van der Waals surface area (Å²) in [5.41, 5.74) is 0.905. The molecule has 0 saturated heterocycles. The highest BCUT2D eigenvalue weighted by molar-refractivity contribution is 7.80. The maximum Gasteiger partial charge on any atom is 0.173 e. The first-order chi connectivity index (χ1) is 8.16. The van der Waals surface area contributed by atoms with Crippen LogP contribution in [0.1, 0.15) is 25.7 Å². The van der Waals surface area contributed by atoms with Crippen LogP contribution in [0.4, 0.5) is 10.1 Å². The first kappa shape index (κ1) is 12.3. The van der Waals surface area contributed by atoms with Crippen molar-refractivity contribution in [1.29, 1.82) is 0 Å². The van der Waals surface area contributed by atoms with Gasteiger partial charge < -0.3 is 10.2 Å². The molecule has 2 rings (SSSR count). The molecule has 1 fully saturated rings. The molecule has 1 aromatic rings. The van der Waals surface area contributed by atoms with Gasteiger partial charge in [0.2, 0.25) is 0 Å². The summed E-state index contributed by atoms with van der Waals surface area (Å²) < 4.78 is 12.8. The van der Waals surface area contributed by atoms with Gasteiger partial charge in [-0.3, -0.25) is 0 Å². The molecule has 17 heavy (non-hydrogen) atoms. The van der Waals surface area contributed by atoms with Gasteiger partial charge in [-0.05, 0) is 49.3 Å². The summed E-state index contributed by atoms with van der Waals surface area (Å²) in [5, 5.41) is 4.07. The van der Waals surface area contributed by atoms with Crippen molar-refractivity contribution in [3.8, 4) is 0 Å². The molecule has 0 amide bonds. The molecule has 0 radical (unpaired) electrons. The fraction of sp³-hybridized carbons (Fsp3) is 0.462. The van der Waals surface area contributed by atoms with Crippen LogP contribution in [0.5, 0.6) is 0 Å². The lowest BCUT2D eigenvalue weighted by Gasteiger charge is -2.24. The second-order valence-electron chi connectivity index (χ2n) is 4.47. The topological polar surface area (TPSA) is 15.3 Å². The third-order valence-corrected chi connectivity index (χ3v) is 3.59. The van der Waals surface area contributed by atoms with Crippen LogP contribution in [0, 0.1) is 5.82 Å². The normalized spacial score (nSPS) is 15.9. The van der Waals surface area contributed by atoms with Crippen LogP contribution in [-0.4, -0.2) is 18.2 Å². The second-order valence-corrected chi connectivity index (χ2v) is 4.85. The average molecular weight is 252 g/mol. The lowest BCUT2D eigenvalue weighted by molar-refractivity contribution is 0.626. The van der Waals surface area contributed by atoms with E-state index in [-0.39, 0.29) is 5.82 Å². The van der Waals surface area contributed by atoms with E-state index >= 15 is 0 Å². The van der Waals surface area contributed by atoms with Crippen LogP contribution in [0.25, 0.3) is 0 Å². The number of anilines is 1. The Labute approximate surface area is 107 Å². The fourth-order valence-electron chi connectivity index (χ4n) is 2.12. The smallest absolute Gasteiger partial charge is 0.173 e. The van der Waals surface area contributed by atoms with E-state index in [4.69, 9.17) is 12.2 Å². The minimum Gasteiger partial charge on any atom is -0.360 e. The summed E-state index contributed by atoms with van der Waals surface area (Å²) in [5.74, 6) is -0.225. The van der Waals surface area contributed by atoms with Gasteiger partial charge in [0, 0.05) is 18.8 Å². The highest BCUT2D eigenvalue weighted by Gasteiger charge is 2.17. The molecule has 0 aliphatic heterocycles. The highest BCUT2D eigenvalue weighted by atomic mass is 32.1. The number of hydrogen-bond donors (Lipinski definition) is 1. The molecule has 1 aliphatic carbocycles. The minimum atomic E-state index is -0.225. The van der Waals surface area contributed by atoms with Gasteiger partial charge in [-0.15, -0.1) is 0 Å². The predicted molar refractivity (Wildman–Crippen MR) is 72.8 cm³/mol. The second kappa shape index (κ2) is 5.45. The quantitative estimate of drug-likeness (QED) is 0.814. The lowest BCUT2D eigenvalue weighted by Crippen LogP contribution is -2.41. The van der Waals surface area contributed by atoms with Crippen molar-refractivity contribution in [2.75, 3.05) is 11.9 Å². The van der Waals surface area contributed by atoms with Crippen molar-refractivity contribution < 1.29 is 4.39 Å². The minimum absolute atomic E-state index is 0.225. The van der Waals surface area contributed by atoms with Crippen LogP contribution in [0.3, 0.4) is 0 Å². The van der Waals surface area contributed by atoms with Gasteiger partial charge in [0.05, 0.1) is 0 Å². The summed E-state index contributed by atoms with van der Waals surface area (Å²) in [6, 6.07) is 6.87. The van der Waals surface area contributed by atoms with Gasteiger partial charge in [-0.25, -0.2) is 4.39 Å². The summed E-state index contributed by atoms with van der Waals surface area (Å²) in [7, 11) is 1.90. The van der Waals surface area contributed by atoms with Crippen molar-refractivity contribution in [3.05, 3.63) is 30.1 Å². The molecule has 0 bridgehead atoms. The van der Waals surface area contributed by atoms with Gasteiger partial charge >= 0.3 is 0 Å². The van der Waals surface area contributed by atoms with Crippen molar-refractivity contribution >= 4 is 23.0 Å². The molecule has 0 aromatic heterocycles. The van der Waals surface area contributed by atoms with Crippen molar-refractivity contribution in [3.63, 3.8) is 0 Å². The van der Waals surface area contributed by atoms with E-state index in [2.05, 4.69) is 5.32 Å². The number of nitrogens with zero attached hydrogens (tertiary/aromatic N) is 1. The Bertz CT molecular complexity index is 385. The van der Waals surface area contributed by atoms with Crippen molar-refractivity contribution in [2.24, 2.45) is 0 Å². The highest BCUT2D eigenvalue weighted by Crippen LogP contribution is 2.19. The molecule has 0 unspecified atom stereocenters. The van der Waals surface area contributed by atoms with E-state index in [1.807, 2.05) is 11.9 Å². The molecule has 1 aromatic carbocycles. The lowest BCUT2D eigenvalue weighted by atomic mass is 10.2. The van der Waals surface area contributed by atoms with E-state index in [9.17, 15) is 4.39 Å². The van der Waals surface area contributed by atoms with Crippen LogP contribution in [0.2, 0.25) is 0 Å². The van der Waals surface area contributed by atoms with E-state index in [1.54, 1.807) is 12.1 Å². The Balaban J connectivity index is 1.96. The number of benzene rings is 1. The van der Waals surface area contributed by atoms with Gasteiger partial charge in [0.1, 0.15) is 5.82 Å². The van der Waals surface area contributed by atoms with Crippen LogP contribution < -0.4 is 10.2 Å². The molecule has 1 saturated carbocycles. The maximum absolute atomic E-state index is 12.8. The average Bonchev–Trinajstić information content (AvgIpc) is 2.82. The Kier molecular flexibility index (Phi) is 3.94. The SMILES string of the molecule is CN(C(=S)NC1CCCC1)c1ccc(F)cc1. The summed E-state index contributed by atoms with van der Waals surface area (Å²) in [6.45, 7) is 0. The Morgan fingerprint density at radius 1 is 1.29 bits per heavy atom. The zero-order valence-corrected chi connectivity index (χ0v) is 10.8. The summed E-state index contributed by atoms with van der Waals surface area (Å²) in [4.78, 5) is 1.88. The molecule has 0 spiro atoms. The Morgan fingerprint density at radius 3 is 2.47 bits per heavy atom. The third kappa shape index (κ3) is 3.16. The van der Waals surface area contributed by atoms with E-state index < -0.39 is 0 Å². The van der Waals surface area contributed by atoms with Crippen LogP contribution in [0.15, 0.2) is 24.3 Å². The first-order valence-corrected chi connectivity index (χ1v) is 6.37. The number of rotatable bonds is 2. The molecule has 1 aliphatic rings. The van der Waals surface area contributed by atoms with Crippen LogP contribution >= 0.6 is 12.2 Å². The van der Waals surface area contributed by atoms with E-state index in [0.717, 1.165) is 5.69 Å². The number of hydrogen-bond acceptors (Lipinski definition) is 1. The number of nitrogens with one attached hydrogen (secondary N) is 1. The molecule has 4 heteroatoms. The monoisotopic (exact) mass is 252 g/mol. The Hall–Kier alpha value is -1.16. The van der Waals surface area contributed by atoms with Gasteiger partial charge in [-0.2, -0.15) is 0 Å². The van der Waals surface area contributed by atoms with Crippen LogP contribution in [-0.2, 0) is 0 Å². The van der Waals surface area contributed by atoms with Crippen molar-refractivity contribution in [1.82, 2.24) is 5.32 Å². The van der Waals surface area contributed by atoms with Gasteiger partial charge in [0.15, 0.2) is 5.11 Å². The molecular weight excluding hydrogens is 235 g/mol. The molecule has 0 heterocycles. The Morgan fingerprint density at radius 2 is 1.88 bits per heavy atom. The summed E-state index contributed by atoms with van der Waals surface area (Å²) >= 11 is 5.35.